The number of carbonyl (C=O) groups is 1. The normalized spacial score (nSPS) is 20.5. The van der Waals surface area contributed by atoms with Crippen molar-refractivity contribution in [3.63, 3.8) is 0 Å². The van der Waals surface area contributed by atoms with Crippen LogP contribution in [0.2, 0.25) is 0 Å². The van der Waals surface area contributed by atoms with Gasteiger partial charge in [-0.25, -0.2) is 0 Å². The monoisotopic (exact) mass is 368 g/mol. The van der Waals surface area contributed by atoms with Gasteiger partial charge in [0, 0.05) is 18.7 Å². The summed E-state index contributed by atoms with van der Waals surface area (Å²) in [5, 5.41) is 13.5. The fraction of sp³-hybridized carbons (Fsp3) is 0.409. The molecule has 0 aromatic heterocycles. The largest absolute Gasteiger partial charge is 0.385 e. The summed E-state index contributed by atoms with van der Waals surface area (Å²) >= 11 is 0. The molecule has 0 spiro atoms. The molecule has 0 aliphatic carbocycles. The molecule has 5 heteroatoms. The molecule has 0 radical (unpaired) electrons. The van der Waals surface area contributed by atoms with Gasteiger partial charge in [-0.1, -0.05) is 49.4 Å². The highest BCUT2D eigenvalue weighted by atomic mass is 16.6. The Labute approximate surface area is 161 Å². The molecule has 2 aromatic carbocycles. The maximum absolute atomic E-state index is 13.1. The molecule has 1 amide bonds. The Morgan fingerprint density at radius 2 is 2.00 bits per heavy atom. The van der Waals surface area contributed by atoms with Crippen LogP contribution in [0, 0.1) is 0 Å². The predicted octanol–water partition coefficient (Wildman–Crippen LogP) is 3.88. The summed E-state index contributed by atoms with van der Waals surface area (Å²) in [7, 11) is 0. The van der Waals surface area contributed by atoms with Crippen molar-refractivity contribution < 1.29 is 14.6 Å². The lowest BCUT2D eigenvalue weighted by Crippen LogP contribution is -2.38. The number of hydrogen-bond donors (Lipinski definition) is 2. The standard InChI is InChI=1S/C22H28N2O3/c1-3-16(18-11-8-12-19(13-18)23-4-2)14-21(25)24-20(15-27-22(24)26)17-9-6-5-7-10-17/h5-13,16,20,22-23,26H,3-4,14-15H2,1-2H3/t16-,20-,22?/m1/s1. The van der Waals surface area contributed by atoms with Gasteiger partial charge in [0.2, 0.25) is 12.3 Å². The van der Waals surface area contributed by atoms with Crippen LogP contribution in [0.25, 0.3) is 0 Å². The molecule has 1 saturated heterocycles. The van der Waals surface area contributed by atoms with E-state index in [0.717, 1.165) is 29.8 Å². The number of anilines is 1. The van der Waals surface area contributed by atoms with Gasteiger partial charge in [-0.2, -0.15) is 0 Å². The molecule has 5 nitrogen and oxygen atoms in total. The van der Waals surface area contributed by atoms with E-state index in [-0.39, 0.29) is 17.9 Å². The zero-order valence-corrected chi connectivity index (χ0v) is 16.0. The number of amides is 1. The van der Waals surface area contributed by atoms with Gasteiger partial charge in [0.05, 0.1) is 12.6 Å². The molecule has 1 heterocycles. The van der Waals surface area contributed by atoms with Crippen LogP contribution < -0.4 is 5.32 Å². The molecule has 3 rings (SSSR count). The van der Waals surface area contributed by atoms with Gasteiger partial charge >= 0.3 is 0 Å². The van der Waals surface area contributed by atoms with E-state index in [0.29, 0.717) is 13.0 Å². The van der Waals surface area contributed by atoms with Crippen molar-refractivity contribution in [1.82, 2.24) is 4.90 Å². The first-order chi connectivity index (χ1) is 13.1. The molecule has 27 heavy (non-hydrogen) atoms. The number of aliphatic hydroxyl groups is 1. The quantitative estimate of drug-likeness (QED) is 0.779. The highest BCUT2D eigenvalue weighted by Gasteiger charge is 2.38. The molecule has 144 valence electrons. The SMILES string of the molecule is CCNc1cccc([C@H](CC)CC(=O)N2C(O)OC[C@@H]2c2ccccc2)c1. The molecule has 1 unspecified atom stereocenters. The van der Waals surface area contributed by atoms with Crippen LogP contribution >= 0.6 is 0 Å². The van der Waals surface area contributed by atoms with Gasteiger partial charge in [0.15, 0.2) is 0 Å². The zero-order valence-electron chi connectivity index (χ0n) is 16.0. The number of aliphatic hydroxyl groups excluding tert-OH is 1. The Bertz CT molecular complexity index is 750. The highest BCUT2D eigenvalue weighted by molar-refractivity contribution is 5.78. The predicted molar refractivity (Wildman–Crippen MR) is 106 cm³/mol. The summed E-state index contributed by atoms with van der Waals surface area (Å²) in [6.07, 6.45) is 0.00565. The van der Waals surface area contributed by atoms with Crippen molar-refractivity contribution in [2.45, 2.75) is 45.1 Å². The zero-order chi connectivity index (χ0) is 19.2. The number of ether oxygens (including phenoxy) is 1. The Balaban J connectivity index is 1.76. The summed E-state index contributed by atoms with van der Waals surface area (Å²) in [6.45, 7) is 5.31. The van der Waals surface area contributed by atoms with E-state index in [1.165, 1.54) is 4.90 Å². The molecular weight excluding hydrogens is 340 g/mol. The van der Waals surface area contributed by atoms with Gasteiger partial charge in [-0.3, -0.25) is 9.69 Å². The van der Waals surface area contributed by atoms with Gasteiger partial charge < -0.3 is 15.2 Å². The fourth-order valence-corrected chi connectivity index (χ4v) is 3.64. The minimum Gasteiger partial charge on any atom is -0.385 e. The lowest BCUT2D eigenvalue weighted by Gasteiger charge is -2.27. The number of hydrogen-bond acceptors (Lipinski definition) is 4. The Morgan fingerprint density at radius 3 is 2.70 bits per heavy atom. The smallest absolute Gasteiger partial charge is 0.240 e. The van der Waals surface area contributed by atoms with Gasteiger partial charge in [-0.15, -0.1) is 0 Å². The van der Waals surface area contributed by atoms with Crippen LogP contribution in [0.3, 0.4) is 0 Å². The van der Waals surface area contributed by atoms with E-state index in [4.69, 9.17) is 4.74 Å². The van der Waals surface area contributed by atoms with Gasteiger partial charge in [0.25, 0.3) is 0 Å². The molecule has 1 aliphatic heterocycles. The molecule has 0 saturated carbocycles. The second kappa shape index (κ2) is 9.02. The Hall–Kier alpha value is -2.37. The number of benzene rings is 2. The summed E-state index contributed by atoms with van der Waals surface area (Å²) in [5.74, 6) is 0.00915. The van der Waals surface area contributed by atoms with Crippen LogP contribution in [-0.4, -0.2) is 35.5 Å². The van der Waals surface area contributed by atoms with E-state index in [2.05, 4.69) is 31.3 Å². The van der Waals surface area contributed by atoms with Crippen LogP contribution in [-0.2, 0) is 9.53 Å². The Kier molecular flexibility index (Phi) is 6.48. The molecule has 2 N–H and O–H groups in total. The van der Waals surface area contributed by atoms with Crippen LogP contribution in [0.15, 0.2) is 54.6 Å². The first kappa shape index (κ1) is 19.4. The van der Waals surface area contributed by atoms with E-state index in [1.807, 2.05) is 42.5 Å². The summed E-state index contributed by atoms with van der Waals surface area (Å²) in [5.41, 5.74) is 3.17. The summed E-state index contributed by atoms with van der Waals surface area (Å²) in [6, 6.07) is 17.7. The molecule has 1 aliphatic rings. The third-order valence-corrected chi connectivity index (χ3v) is 5.10. The number of nitrogens with zero attached hydrogens (tertiary/aromatic N) is 1. The highest BCUT2D eigenvalue weighted by Crippen LogP contribution is 2.33. The van der Waals surface area contributed by atoms with Crippen LogP contribution in [0.1, 0.15) is 49.8 Å². The summed E-state index contributed by atoms with van der Waals surface area (Å²) in [4.78, 5) is 14.5. The van der Waals surface area contributed by atoms with Crippen LogP contribution in [0.4, 0.5) is 5.69 Å². The maximum atomic E-state index is 13.1. The third kappa shape index (κ3) is 4.49. The average molecular weight is 368 g/mol. The number of nitrogens with one attached hydrogen (secondary N) is 1. The van der Waals surface area contributed by atoms with Crippen molar-refractivity contribution in [2.75, 3.05) is 18.5 Å². The van der Waals surface area contributed by atoms with E-state index >= 15 is 0 Å². The van der Waals surface area contributed by atoms with Crippen LogP contribution in [0.5, 0.6) is 0 Å². The molecular formula is C22H28N2O3. The first-order valence-electron chi connectivity index (χ1n) is 9.63. The van der Waals surface area contributed by atoms with Gasteiger partial charge in [0.1, 0.15) is 0 Å². The average Bonchev–Trinajstić information content (AvgIpc) is 3.08. The lowest BCUT2D eigenvalue weighted by atomic mass is 9.92. The first-order valence-corrected chi connectivity index (χ1v) is 9.63. The minimum atomic E-state index is -1.19. The number of rotatable bonds is 7. The van der Waals surface area contributed by atoms with E-state index in [1.54, 1.807) is 0 Å². The maximum Gasteiger partial charge on any atom is 0.240 e. The van der Waals surface area contributed by atoms with Crippen molar-refractivity contribution in [3.8, 4) is 0 Å². The second-order valence-corrected chi connectivity index (χ2v) is 6.85. The molecule has 1 fully saturated rings. The second-order valence-electron chi connectivity index (χ2n) is 6.85. The molecule has 2 aromatic rings. The van der Waals surface area contributed by atoms with E-state index in [9.17, 15) is 9.90 Å². The molecule has 3 atom stereocenters. The van der Waals surface area contributed by atoms with E-state index < -0.39 is 6.41 Å². The Morgan fingerprint density at radius 1 is 1.22 bits per heavy atom. The number of carbonyl (C=O) groups excluding carboxylic acids is 1. The topological polar surface area (TPSA) is 61.8 Å². The molecule has 0 bridgehead atoms. The van der Waals surface area contributed by atoms with Crippen molar-refractivity contribution >= 4 is 11.6 Å². The fourth-order valence-electron chi connectivity index (χ4n) is 3.64. The summed E-state index contributed by atoms with van der Waals surface area (Å²) < 4.78 is 5.38. The minimum absolute atomic E-state index is 0.0884. The third-order valence-electron chi connectivity index (χ3n) is 5.10. The van der Waals surface area contributed by atoms with Crippen molar-refractivity contribution in [2.24, 2.45) is 0 Å². The van der Waals surface area contributed by atoms with Crippen molar-refractivity contribution in [1.29, 1.82) is 0 Å². The van der Waals surface area contributed by atoms with Gasteiger partial charge in [-0.05, 0) is 42.5 Å². The van der Waals surface area contributed by atoms with Crippen molar-refractivity contribution in [3.05, 3.63) is 65.7 Å². The lowest BCUT2D eigenvalue weighted by molar-refractivity contribution is -0.165.